The number of H-pyrrole nitrogens is 2. The number of rotatable bonds is 10. The minimum absolute atomic E-state index is 1.03. The molecular weight excluding hydrogens is 354 g/mol. The Morgan fingerprint density at radius 1 is 0.862 bits per heavy atom. The van der Waals surface area contributed by atoms with Crippen molar-refractivity contribution >= 4 is 22.8 Å². The van der Waals surface area contributed by atoms with Crippen LogP contribution < -0.4 is 0 Å². The van der Waals surface area contributed by atoms with Gasteiger partial charge in [-0.3, -0.25) is 4.99 Å². The molecule has 0 fully saturated rings. The molecule has 0 saturated heterocycles. The molecule has 3 nitrogen and oxygen atoms in total. The number of aromatic nitrogens is 2. The number of aliphatic imine (C=N–C) groups is 1. The zero-order valence-corrected chi connectivity index (χ0v) is 18.9. The largest absolute Gasteiger partial charge is 0.357 e. The summed E-state index contributed by atoms with van der Waals surface area (Å²) in [5, 5.41) is 1.27. The highest BCUT2D eigenvalue weighted by atomic mass is 14.8. The second-order valence-electron chi connectivity index (χ2n) is 8.48. The summed E-state index contributed by atoms with van der Waals surface area (Å²) in [7, 11) is 0. The number of benzene rings is 1. The van der Waals surface area contributed by atoms with Gasteiger partial charge in [0.25, 0.3) is 0 Å². The monoisotopic (exact) mass is 391 g/mol. The maximum absolute atomic E-state index is 4.90. The van der Waals surface area contributed by atoms with Gasteiger partial charge in [0.05, 0.1) is 23.1 Å². The van der Waals surface area contributed by atoms with Gasteiger partial charge in [0, 0.05) is 16.8 Å². The van der Waals surface area contributed by atoms with E-state index in [4.69, 9.17) is 4.99 Å². The molecule has 0 unspecified atom stereocenters. The van der Waals surface area contributed by atoms with E-state index < -0.39 is 0 Å². The Morgan fingerprint density at radius 2 is 1.59 bits per heavy atom. The van der Waals surface area contributed by atoms with Crippen LogP contribution >= 0.6 is 0 Å². The molecule has 0 radical (unpaired) electrons. The minimum Gasteiger partial charge on any atom is -0.357 e. The van der Waals surface area contributed by atoms with Crippen molar-refractivity contribution in [2.75, 3.05) is 0 Å². The maximum atomic E-state index is 4.90. The van der Waals surface area contributed by atoms with E-state index >= 15 is 0 Å². The van der Waals surface area contributed by atoms with Gasteiger partial charge in [0.1, 0.15) is 0 Å². The lowest BCUT2D eigenvalue weighted by atomic mass is 10.0. The second kappa shape index (κ2) is 9.96. The SMILES string of the molecule is CCCCCc1cc2cc(C)cc(/N=C/c3[nH]c(C)c(CCCCC)c3C)c2[nH]1. The Hall–Kier alpha value is -2.29. The van der Waals surface area contributed by atoms with Crippen LogP contribution in [0, 0.1) is 20.8 Å². The Kier molecular flexibility index (Phi) is 7.35. The summed E-state index contributed by atoms with van der Waals surface area (Å²) in [5.41, 5.74) is 9.99. The van der Waals surface area contributed by atoms with E-state index in [-0.39, 0.29) is 0 Å². The summed E-state index contributed by atoms with van der Waals surface area (Å²) >= 11 is 0. The van der Waals surface area contributed by atoms with Crippen LogP contribution in [-0.4, -0.2) is 16.2 Å². The molecule has 3 aromatic rings. The fourth-order valence-electron chi connectivity index (χ4n) is 4.24. The van der Waals surface area contributed by atoms with Gasteiger partial charge in [0.2, 0.25) is 0 Å². The topological polar surface area (TPSA) is 43.9 Å². The van der Waals surface area contributed by atoms with Crippen molar-refractivity contribution in [3.05, 3.63) is 52.0 Å². The molecule has 2 aromatic heterocycles. The number of nitrogens with one attached hydrogen (secondary N) is 2. The number of aromatic amines is 2. The first kappa shape index (κ1) is 21.4. The molecular formula is C26H37N3. The standard InChI is InChI=1S/C26H37N3/c1-6-8-10-12-22-16-21-14-18(3)15-24(26(21)29-22)27-17-25-19(4)23(20(5)28-25)13-11-9-7-2/h14-17,28-29H,6-13H2,1-5H3/b27-17+. The summed E-state index contributed by atoms with van der Waals surface area (Å²) in [6, 6.07) is 6.73. The zero-order chi connectivity index (χ0) is 20.8. The van der Waals surface area contributed by atoms with Crippen LogP contribution in [-0.2, 0) is 12.8 Å². The third-order valence-corrected chi connectivity index (χ3v) is 5.95. The van der Waals surface area contributed by atoms with E-state index in [1.54, 1.807) is 0 Å². The Balaban J connectivity index is 1.85. The number of hydrogen-bond acceptors (Lipinski definition) is 1. The normalized spacial score (nSPS) is 11.9. The van der Waals surface area contributed by atoms with E-state index in [1.165, 1.54) is 72.0 Å². The van der Waals surface area contributed by atoms with Gasteiger partial charge in [-0.2, -0.15) is 0 Å². The van der Waals surface area contributed by atoms with Crippen LogP contribution in [0.1, 0.15) is 86.1 Å². The highest BCUT2D eigenvalue weighted by molar-refractivity contribution is 5.94. The fourth-order valence-corrected chi connectivity index (χ4v) is 4.24. The van der Waals surface area contributed by atoms with Crippen molar-refractivity contribution in [3.8, 4) is 0 Å². The highest BCUT2D eigenvalue weighted by Crippen LogP contribution is 2.29. The fraction of sp³-hybridized carbons (Fsp3) is 0.500. The van der Waals surface area contributed by atoms with Gasteiger partial charge >= 0.3 is 0 Å². The summed E-state index contributed by atoms with van der Waals surface area (Å²) in [6.45, 7) is 11.1. The average molecular weight is 392 g/mol. The smallest absolute Gasteiger partial charge is 0.0874 e. The molecule has 0 aliphatic heterocycles. The average Bonchev–Trinajstić information content (AvgIpc) is 3.21. The van der Waals surface area contributed by atoms with Crippen molar-refractivity contribution in [1.82, 2.24) is 9.97 Å². The van der Waals surface area contributed by atoms with E-state index in [0.717, 1.165) is 29.7 Å². The van der Waals surface area contributed by atoms with Crippen molar-refractivity contribution < 1.29 is 0 Å². The molecule has 0 atom stereocenters. The quantitative estimate of drug-likeness (QED) is 0.263. The lowest BCUT2D eigenvalue weighted by molar-refractivity contribution is 0.710. The Bertz CT molecular complexity index is 972. The molecule has 156 valence electrons. The number of hydrogen-bond donors (Lipinski definition) is 2. The molecule has 1 aromatic carbocycles. The van der Waals surface area contributed by atoms with Gasteiger partial charge < -0.3 is 9.97 Å². The number of unbranched alkanes of at least 4 members (excludes halogenated alkanes) is 4. The van der Waals surface area contributed by atoms with Gasteiger partial charge in [-0.15, -0.1) is 0 Å². The first-order valence-electron chi connectivity index (χ1n) is 11.4. The Morgan fingerprint density at radius 3 is 2.31 bits per heavy atom. The molecule has 0 bridgehead atoms. The van der Waals surface area contributed by atoms with Gasteiger partial charge in [-0.1, -0.05) is 39.5 Å². The molecule has 3 heteroatoms. The number of aryl methyl sites for hydroxylation is 3. The summed E-state index contributed by atoms with van der Waals surface area (Å²) < 4.78 is 0. The minimum atomic E-state index is 1.03. The molecule has 2 heterocycles. The van der Waals surface area contributed by atoms with Gasteiger partial charge in [-0.05, 0) is 81.3 Å². The zero-order valence-electron chi connectivity index (χ0n) is 18.9. The van der Waals surface area contributed by atoms with E-state index in [2.05, 4.69) is 62.8 Å². The van der Waals surface area contributed by atoms with E-state index in [0.29, 0.717) is 0 Å². The van der Waals surface area contributed by atoms with Crippen LogP contribution in [0.25, 0.3) is 10.9 Å². The van der Waals surface area contributed by atoms with Crippen LogP contribution in [0.4, 0.5) is 5.69 Å². The molecule has 0 saturated carbocycles. The third-order valence-electron chi connectivity index (χ3n) is 5.95. The van der Waals surface area contributed by atoms with Gasteiger partial charge in [0.15, 0.2) is 0 Å². The maximum Gasteiger partial charge on any atom is 0.0874 e. The molecule has 3 rings (SSSR count). The molecule has 2 N–H and O–H groups in total. The molecule has 0 amide bonds. The third kappa shape index (κ3) is 5.20. The van der Waals surface area contributed by atoms with Crippen molar-refractivity contribution in [2.45, 2.75) is 86.0 Å². The van der Waals surface area contributed by atoms with E-state index in [9.17, 15) is 0 Å². The van der Waals surface area contributed by atoms with Crippen LogP contribution in [0.15, 0.2) is 23.2 Å². The van der Waals surface area contributed by atoms with Crippen LogP contribution in [0.3, 0.4) is 0 Å². The van der Waals surface area contributed by atoms with Crippen molar-refractivity contribution in [1.29, 1.82) is 0 Å². The number of nitrogens with zero attached hydrogens (tertiary/aromatic N) is 1. The number of fused-ring (bicyclic) bond motifs is 1. The first-order valence-corrected chi connectivity index (χ1v) is 11.4. The molecule has 0 aliphatic rings. The Labute approximate surface area is 176 Å². The predicted octanol–water partition coefficient (Wildman–Crippen LogP) is 7.64. The summed E-state index contributed by atoms with van der Waals surface area (Å²) in [4.78, 5) is 12.1. The predicted molar refractivity (Wildman–Crippen MR) is 127 cm³/mol. The molecule has 0 spiro atoms. The van der Waals surface area contributed by atoms with Gasteiger partial charge in [-0.25, -0.2) is 0 Å². The lowest BCUT2D eigenvalue weighted by Gasteiger charge is -2.02. The first-order chi connectivity index (χ1) is 14.0. The van der Waals surface area contributed by atoms with Crippen LogP contribution in [0.2, 0.25) is 0 Å². The summed E-state index contributed by atoms with van der Waals surface area (Å²) in [6.07, 6.45) is 11.9. The lowest BCUT2D eigenvalue weighted by Crippen LogP contribution is -1.90. The van der Waals surface area contributed by atoms with Crippen molar-refractivity contribution in [2.24, 2.45) is 4.99 Å². The second-order valence-corrected chi connectivity index (χ2v) is 8.48. The molecule has 29 heavy (non-hydrogen) atoms. The molecule has 0 aliphatic carbocycles. The highest BCUT2D eigenvalue weighted by Gasteiger charge is 2.11. The van der Waals surface area contributed by atoms with Crippen molar-refractivity contribution in [3.63, 3.8) is 0 Å². The van der Waals surface area contributed by atoms with E-state index in [1.807, 2.05) is 6.21 Å². The van der Waals surface area contributed by atoms with Crippen LogP contribution in [0.5, 0.6) is 0 Å². The summed E-state index contributed by atoms with van der Waals surface area (Å²) in [5.74, 6) is 0.